The number of thiophene rings is 1. The number of halogens is 1. The summed E-state index contributed by atoms with van der Waals surface area (Å²) in [7, 11) is -2.32. The highest BCUT2D eigenvalue weighted by molar-refractivity contribution is 7.91. The fourth-order valence-electron chi connectivity index (χ4n) is 2.58. The summed E-state index contributed by atoms with van der Waals surface area (Å²) in [5.74, 6) is 0.404. The summed E-state index contributed by atoms with van der Waals surface area (Å²) < 4.78 is 26.5. The molecule has 0 spiro atoms. The number of rotatable bonds is 5. The molecule has 0 N–H and O–H groups in total. The van der Waals surface area contributed by atoms with Gasteiger partial charge < -0.3 is 9.80 Å². The third kappa shape index (κ3) is 4.14. The van der Waals surface area contributed by atoms with Crippen LogP contribution >= 0.6 is 22.9 Å². The van der Waals surface area contributed by atoms with Crippen molar-refractivity contribution in [1.29, 1.82) is 0 Å². The number of aromatic nitrogens is 2. The normalized spacial score (nSPS) is 15.5. The zero-order valence-electron chi connectivity index (χ0n) is 14.1. The topological polar surface area (TPSA) is 86.7 Å². The van der Waals surface area contributed by atoms with Crippen molar-refractivity contribution >= 4 is 44.8 Å². The highest BCUT2D eigenvalue weighted by atomic mass is 35.5. The average molecular weight is 416 g/mol. The summed E-state index contributed by atoms with van der Waals surface area (Å²) in [4.78, 5) is 24.5. The smallest absolute Gasteiger partial charge is 0.252 e. The van der Waals surface area contributed by atoms with Gasteiger partial charge >= 0.3 is 0 Å². The molecule has 2 aromatic rings. The maximum atomic E-state index is 12.5. The Kier molecular flexibility index (Phi) is 5.76. The van der Waals surface area contributed by atoms with Crippen LogP contribution in [0.15, 0.2) is 34.8 Å². The molecule has 0 atom stereocenters. The lowest BCUT2D eigenvalue weighted by atomic mass is 10.3. The van der Waals surface area contributed by atoms with Gasteiger partial charge in [0.25, 0.3) is 10.0 Å². The average Bonchev–Trinajstić information content (AvgIpc) is 3.09. The lowest BCUT2D eigenvalue weighted by Crippen LogP contribution is -2.51. The van der Waals surface area contributed by atoms with E-state index in [9.17, 15) is 13.2 Å². The summed E-state index contributed by atoms with van der Waals surface area (Å²) in [6, 6.07) is 4.72. The van der Waals surface area contributed by atoms with Gasteiger partial charge in [-0.15, -0.1) is 11.3 Å². The van der Waals surface area contributed by atoms with Crippen LogP contribution in [0.1, 0.15) is 0 Å². The lowest BCUT2D eigenvalue weighted by molar-refractivity contribution is -0.131. The summed E-state index contributed by atoms with van der Waals surface area (Å²) in [5.41, 5.74) is 0. The van der Waals surface area contributed by atoms with Crippen LogP contribution in [0.3, 0.4) is 0 Å². The number of hydrogen-bond acceptors (Lipinski definition) is 7. The first-order chi connectivity index (χ1) is 12.4. The van der Waals surface area contributed by atoms with E-state index in [4.69, 9.17) is 11.6 Å². The molecule has 0 saturated carbocycles. The molecule has 1 saturated heterocycles. The Morgan fingerprint density at radius 2 is 1.88 bits per heavy atom. The van der Waals surface area contributed by atoms with Crippen molar-refractivity contribution in [2.45, 2.75) is 4.21 Å². The monoisotopic (exact) mass is 415 g/mol. The highest BCUT2D eigenvalue weighted by Crippen LogP contribution is 2.27. The van der Waals surface area contributed by atoms with Gasteiger partial charge in [0.2, 0.25) is 11.9 Å². The van der Waals surface area contributed by atoms with E-state index in [2.05, 4.69) is 9.97 Å². The van der Waals surface area contributed by atoms with Crippen molar-refractivity contribution in [2.24, 2.45) is 0 Å². The van der Waals surface area contributed by atoms with Gasteiger partial charge in [0.15, 0.2) is 0 Å². The minimum absolute atomic E-state index is 0.129. The zero-order valence-corrected chi connectivity index (χ0v) is 16.5. The summed E-state index contributed by atoms with van der Waals surface area (Å²) in [6.07, 6.45) is 3.35. The van der Waals surface area contributed by atoms with Gasteiger partial charge in [-0.2, -0.15) is 4.31 Å². The van der Waals surface area contributed by atoms with Crippen LogP contribution in [-0.2, 0) is 14.8 Å². The minimum atomic E-state index is -3.72. The number of nitrogens with zero attached hydrogens (tertiary/aromatic N) is 5. The van der Waals surface area contributed by atoms with E-state index >= 15 is 0 Å². The van der Waals surface area contributed by atoms with Gasteiger partial charge in [-0.25, -0.2) is 18.4 Å². The standard InChI is InChI=1S/C15H18ClN5O3S2/c1-19(26(23,24)14-4-3-12(16)25-14)11-13(22)20-7-9-21(10-8-20)15-17-5-2-6-18-15/h2-6H,7-11H2,1H3. The van der Waals surface area contributed by atoms with Crippen molar-refractivity contribution in [3.63, 3.8) is 0 Å². The predicted molar refractivity (Wildman–Crippen MR) is 100.0 cm³/mol. The first-order valence-electron chi connectivity index (χ1n) is 7.89. The molecule has 1 fully saturated rings. The van der Waals surface area contributed by atoms with E-state index in [0.717, 1.165) is 15.6 Å². The van der Waals surface area contributed by atoms with Crippen LogP contribution in [0.2, 0.25) is 4.34 Å². The van der Waals surface area contributed by atoms with Gasteiger partial charge in [-0.3, -0.25) is 4.79 Å². The minimum Gasteiger partial charge on any atom is -0.338 e. The van der Waals surface area contributed by atoms with Gasteiger partial charge in [0.05, 0.1) is 10.9 Å². The number of carbonyl (C=O) groups is 1. The Labute approximate surface area is 161 Å². The fraction of sp³-hybridized carbons (Fsp3) is 0.400. The molecule has 140 valence electrons. The molecule has 0 unspecified atom stereocenters. The number of hydrogen-bond donors (Lipinski definition) is 0. The van der Waals surface area contributed by atoms with Crippen LogP contribution in [0.5, 0.6) is 0 Å². The fourth-order valence-corrected chi connectivity index (χ4v) is 5.39. The van der Waals surface area contributed by atoms with Crippen molar-refractivity contribution in [3.05, 3.63) is 34.9 Å². The molecule has 26 heavy (non-hydrogen) atoms. The van der Waals surface area contributed by atoms with Crippen molar-refractivity contribution in [1.82, 2.24) is 19.2 Å². The van der Waals surface area contributed by atoms with E-state index in [1.807, 2.05) is 4.90 Å². The van der Waals surface area contributed by atoms with E-state index in [1.165, 1.54) is 19.2 Å². The molecule has 1 aliphatic rings. The molecule has 0 radical (unpaired) electrons. The largest absolute Gasteiger partial charge is 0.338 e. The molecule has 2 aromatic heterocycles. The van der Waals surface area contributed by atoms with Gasteiger partial charge in [0.1, 0.15) is 4.21 Å². The van der Waals surface area contributed by atoms with Gasteiger partial charge in [-0.05, 0) is 18.2 Å². The summed E-state index contributed by atoms with van der Waals surface area (Å²) in [6.45, 7) is 1.99. The van der Waals surface area contributed by atoms with Crippen LogP contribution in [0.4, 0.5) is 5.95 Å². The number of piperazine rings is 1. The molecule has 11 heteroatoms. The van der Waals surface area contributed by atoms with Crippen molar-refractivity contribution in [2.75, 3.05) is 44.7 Å². The van der Waals surface area contributed by atoms with E-state index in [0.29, 0.717) is 36.5 Å². The van der Waals surface area contributed by atoms with Gasteiger partial charge in [0, 0.05) is 45.6 Å². The quantitative estimate of drug-likeness (QED) is 0.728. The molecule has 0 bridgehead atoms. The third-order valence-corrected chi connectivity index (χ3v) is 7.54. The Hall–Kier alpha value is -1.75. The molecule has 8 nitrogen and oxygen atoms in total. The zero-order chi connectivity index (χ0) is 18.7. The molecule has 1 aliphatic heterocycles. The Morgan fingerprint density at radius 1 is 1.23 bits per heavy atom. The van der Waals surface area contributed by atoms with Crippen LogP contribution < -0.4 is 4.90 Å². The van der Waals surface area contributed by atoms with Crippen molar-refractivity contribution in [3.8, 4) is 0 Å². The Balaban J connectivity index is 1.57. The number of sulfonamides is 1. The number of anilines is 1. The summed E-state index contributed by atoms with van der Waals surface area (Å²) >= 11 is 6.78. The van der Waals surface area contributed by atoms with E-state index in [1.54, 1.807) is 23.4 Å². The Bertz CT molecular complexity index is 866. The SMILES string of the molecule is CN(CC(=O)N1CCN(c2ncccn2)CC1)S(=O)(=O)c1ccc(Cl)s1. The molecular weight excluding hydrogens is 398 g/mol. The lowest BCUT2D eigenvalue weighted by Gasteiger charge is -2.35. The second kappa shape index (κ2) is 7.87. The first-order valence-corrected chi connectivity index (χ1v) is 10.5. The number of carbonyl (C=O) groups excluding carboxylic acids is 1. The summed E-state index contributed by atoms with van der Waals surface area (Å²) in [5, 5.41) is 0. The molecule has 3 rings (SSSR count). The van der Waals surface area contributed by atoms with Crippen LogP contribution in [0.25, 0.3) is 0 Å². The number of likely N-dealkylation sites (N-methyl/N-ethyl adjacent to an activating group) is 1. The van der Waals surface area contributed by atoms with E-state index < -0.39 is 10.0 Å². The second-order valence-corrected chi connectivity index (χ2v) is 9.72. The second-order valence-electron chi connectivity index (χ2n) is 5.74. The van der Waals surface area contributed by atoms with Crippen LogP contribution in [0, 0.1) is 0 Å². The van der Waals surface area contributed by atoms with Crippen molar-refractivity contribution < 1.29 is 13.2 Å². The molecular formula is C15H18ClN5O3S2. The third-order valence-electron chi connectivity index (χ3n) is 4.04. The number of amides is 1. The molecule has 1 amide bonds. The van der Waals surface area contributed by atoms with Gasteiger partial charge in [-0.1, -0.05) is 11.6 Å². The Morgan fingerprint density at radius 3 is 2.46 bits per heavy atom. The molecule has 0 aliphatic carbocycles. The molecule has 3 heterocycles. The first kappa shape index (κ1) is 19.0. The maximum Gasteiger partial charge on any atom is 0.252 e. The maximum absolute atomic E-state index is 12.5. The molecule has 0 aromatic carbocycles. The van der Waals surface area contributed by atoms with E-state index in [-0.39, 0.29) is 16.7 Å². The van der Waals surface area contributed by atoms with Crippen LogP contribution in [-0.4, -0.2) is 73.3 Å². The highest BCUT2D eigenvalue weighted by Gasteiger charge is 2.28. The predicted octanol–water partition coefficient (Wildman–Crippen LogP) is 1.16.